The van der Waals surface area contributed by atoms with E-state index in [2.05, 4.69) is 4.74 Å². The van der Waals surface area contributed by atoms with Crippen LogP contribution in [0.15, 0.2) is 42.5 Å². The van der Waals surface area contributed by atoms with Gasteiger partial charge in [0.2, 0.25) is 0 Å². The zero-order valence-electron chi connectivity index (χ0n) is 14.8. The summed E-state index contributed by atoms with van der Waals surface area (Å²) in [6, 6.07) is 11.3. The van der Waals surface area contributed by atoms with Crippen molar-refractivity contribution in [1.82, 2.24) is 9.80 Å². The highest BCUT2D eigenvalue weighted by Crippen LogP contribution is 2.30. The summed E-state index contributed by atoms with van der Waals surface area (Å²) in [6.45, 7) is -2.47. The number of imide groups is 1. The van der Waals surface area contributed by atoms with Crippen LogP contribution in [0.1, 0.15) is 26.3 Å². The van der Waals surface area contributed by atoms with E-state index < -0.39 is 6.61 Å². The third-order valence-electron chi connectivity index (χ3n) is 4.16. The lowest BCUT2D eigenvalue weighted by Gasteiger charge is -2.23. The molecular weight excluding hydrogens is 358 g/mol. The monoisotopic (exact) mass is 376 g/mol. The zero-order valence-corrected chi connectivity index (χ0v) is 14.8. The maximum Gasteiger partial charge on any atom is 0.387 e. The number of carbonyl (C=O) groups excluding carboxylic acids is 2. The largest absolute Gasteiger partial charge is 0.493 e. The molecule has 2 aromatic rings. The number of amides is 2. The smallest absolute Gasteiger partial charge is 0.387 e. The average molecular weight is 376 g/mol. The van der Waals surface area contributed by atoms with Gasteiger partial charge in [0, 0.05) is 6.54 Å². The van der Waals surface area contributed by atoms with Crippen LogP contribution in [-0.2, 0) is 6.54 Å². The molecule has 0 bridgehead atoms. The lowest BCUT2D eigenvalue weighted by atomic mass is 10.1. The molecule has 0 radical (unpaired) electrons. The quantitative estimate of drug-likeness (QED) is 0.696. The summed E-state index contributed by atoms with van der Waals surface area (Å²) in [5, 5.41) is 0. The number of fused-ring (bicyclic) bond motifs is 1. The van der Waals surface area contributed by atoms with Crippen molar-refractivity contribution in [3.05, 3.63) is 59.2 Å². The van der Waals surface area contributed by atoms with E-state index in [1.54, 1.807) is 48.3 Å². The van der Waals surface area contributed by atoms with Gasteiger partial charge in [-0.25, -0.2) is 0 Å². The Morgan fingerprint density at radius 1 is 1.04 bits per heavy atom. The van der Waals surface area contributed by atoms with Gasteiger partial charge in [0.05, 0.1) is 24.9 Å². The van der Waals surface area contributed by atoms with Gasteiger partial charge in [0.15, 0.2) is 11.5 Å². The van der Waals surface area contributed by atoms with Crippen molar-refractivity contribution >= 4 is 11.8 Å². The molecule has 0 aliphatic carbocycles. The van der Waals surface area contributed by atoms with Crippen LogP contribution in [0.5, 0.6) is 11.5 Å². The van der Waals surface area contributed by atoms with Gasteiger partial charge in [0.25, 0.3) is 11.8 Å². The molecule has 1 aliphatic heterocycles. The van der Waals surface area contributed by atoms with E-state index in [0.717, 1.165) is 5.56 Å². The number of ether oxygens (including phenoxy) is 2. The second-order valence-electron chi connectivity index (χ2n) is 6.10. The Kier molecular flexibility index (Phi) is 5.36. The molecule has 0 unspecified atom stereocenters. The summed E-state index contributed by atoms with van der Waals surface area (Å²) in [7, 11) is 3.11. The summed E-state index contributed by atoms with van der Waals surface area (Å²) in [4.78, 5) is 27.8. The molecule has 6 nitrogen and oxygen atoms in total. The number of benzene rings is 2. The fourth-order valence-electron chi connectivity index (χ4n) is 2.97. The first-order chi connectivity index (χ1) is 12.9. The minimum Gasteiger partial charge on any atom is -0.493 e. The second-order valence-corrected chi connectivity index (χ2v) is 6.10. The molecule has 0 fully saturated rings. The maximum atomic E-state index is 12.4. The molecule has 0 spiro atoms. The van der Waals surface area contributed by atoms with E-state index in [1.807, 2.05) is 0 Å². The van der Waals surface area contributed by atoms with E-state index in [9.17, 15) is 18.4 Å². The molecule has 2 amide bonds. The van der Waals surface area contributed by atoms with Crippen LogP contribution in [0.25, 0.3) is 0 Å². The van der Waals surface area contributed by atoms with Gasteiger partial charge < -0.3 is 9.47 Å². The van der Waals surface area contributed by atoms with Crippen LogP contribution < -0.4 is 9.47 Å². The molecular formula is C19H18F2N2O4. The van der Waals surface area contributed by atoms with Crippen LogP contribution in [0.2, 0.25) is 0 Å². The highest BCUT2D eigenvalue weighted by atomic mass is 19.3. The number of nitrogens with zero attached hydrogens (tertiary/aromatic N) is 2. The van der Waals surface area contributed by atoms with E-state index in [1.165, 1.54) is 18.1 Å². The average Bonchev–Trinajstić information content (AvgIpc) is 2.88. The van der Waals surface area contributed by atoms with Gasteiger partial charge in [-0.3, -0.25) is 19.4 Å². The predicted octanol–water partition coefficient (Wildman–Crippen LogP) is 2.98. The predicted molar refractivity (Wildman–Crippen MR) is 92.9 cm³/mol. The number of hydrogen-bond acceptors (Lipinski definition) is 5. The molecule has 0 saturated heterocycles. The minimum atomic E-state index is -2.94. The Bertz CT molecular complexity index is 838. The molecule has 0 atom stereocenters. The molecule has 3 rings (SSSR count). The minimum absolute atomic E-state index is 0.0562. The van der Waals surface area contributed by atoms with Crippen LogP contribution in [0, 0.1) is 0 Å². The van der Waals surface area contributed by atoms with Crippen LogP contribution in [0.4, 0.5) is 8.78 Å². The Labute approximate surface area is 154 Å². The fourth-order valence-corrected chi connectivity index (χ4v) is 2.97. The molecule has 0 saturated carbocycles. The third-order valence-corrected chi connectivity index (χ3v) is 4.16. The van der Waals surface area contributed by atoms with E-state index in [0.29, 0.717) is 17.7 Å². The number of alkyl halides is 2. The number of hydrogen-bond donors (Lipinski definition) is 0. The number of carbonyl (C=O) groups is 2. The van der Waals surface area contributed by atoms with Crippen molar-refractivity contribution in [2.24, 2.45) is 0 Å². The van der Waals surface area contributed by atoms with E-state index in [-0.39, 0.29) is 30.0 Å². The first-order valence-corrected chi connectivity index (χ1v) is 8.16. The Balaban J connectivity index is 1.69. The number of halogens is 2. The fraction of sp³-hybridized carbons (Fsp3) is 0.263. The highest BCUT2D eigenvalue weighted by molar-refractivity contribution is 6.21. The number of rotatable bonds is 7. The first-order valence-electron chi connectivity index (χ1n) is 8.16. The summed E-state index contributed by atoms with van der Waals surface area (Å²) in [5.74, 6) is -0.539. The van der Waals surface area contributed by atoms with Gasteiger partial charge in [-0.1, -0.05) is 18.2 Å². The molecule has 0 N–H and O–H groups in total. The van der Waals surface area contributed by atoms with Crippen LogP contribution in [0.3, 0.4) is 0 Å². The van der Waals surface area contributed by atoms with E-state index in [4.69, 9.17) is 4.74 Å². The van der Waals surface area contributed by atoms with Crippen LogP contribution >= 0.6 is 0 Å². The van der Waals surface area contributed by atoms with Gasteiger partial charge >= 0.3 is 6.61 Å². The maximum absolute atomic E-state index is 12.4. The Morgan fingerprint density at radius 2 is 1.67 bits per heavy atom. The van der Waals surface area contributed by atoms with Gasteiger partial charge in [-0.2, -0.15) is 8.78 Å². The van der Waals surface area contributed by atoms with Crippen molar-refractivity contribution < 1.29 is 27.8 Å². The lowest BCUT2D eigenvalue weighted by molar-refractivity contribution is -0.0512. The third kappa shape index (κ3) is 3.90. The zero-order chi connectivity index (χ0) is 19.6. The van der Waals surface area contributed by atoms with Crippen molar-refractivity contribution in [3.63, 3.8) is 0 Å². The van der Waals surface area contributed by atoms with Gasteiger partial charge in [0.1, 0.15) is 0 Å². The lowest BCUT2D eigenvalue weighted by Crippen LogP contribution is -2.39. The normalized spacial score (nSPS) is 13.5. The number of methoxy groups -OCH3 is 1. The molecule has 0 aromatic heterocycles. The van der Waals surface area contributed by atoms with Gasteiger partial charge in [-0.15, -0.1) is 0 Å². The summed E-state index contributed by atoms with van der Waals surface area (Å²) < 4.78 is 34.3. The van der Waals surface area contributed by atoms with Crippen LogP contribution in [-0.4, -0.2) is 49.1 Å². The Hall–Kier alpha value is -3.00. The summed E-state index contributed by atoms with van der Waals surface area (Å²) >= 11 is 0. The molecule has 2 aromatic carbocycles. The molecule has 8 heteroatoms. The molecule has 1 aliphatic rings. The molecule has 1 heterocycles. The van der Waals surface area contributed by atoms with Crippen molar-refractivity contribution in [1.29, 1.82) is 0 Å². The topological polar surface area (TPSA) is 59.1 Å². The summed E-state index contributed by atoms with van der Waals surface area (Å²) in [6.07, 6.45) is 0. The highest BCUT2D eigenvalue weighted by Gasteiger charge is 2.35. The van der Waals surface area contributed by atoms with E-state index >= 15 is 0 Å². The summed E-state index contributed by atoms with van der Waals surface area (Å²) in [5.41, 5.74) is 1.55. The van der Waals surface area contributed by atoms with Crippen molar-refractivity contribution in [3.8, 4) is 11.5 Å². The Morgan fingerprint density at radius 3 is 2.22 bits per heavy atom. The first kappa shape index (κ1) is 18.8. The van der Waals surface area contributed by atoms with Crippen molar-refractivity contribution in [2.75, 3.05) is 20.8 Å². The standard InChI is InChI=1S/C19H18F2N2O4/c1-22(10-12-7-8-15(27-19(20)21)16(9-12)26-2)11-23-17(24)13-5-3-4-6-14(13)18(23)25/h3-9,19H,10-11H2,1-2H3. The second kappa shape index (κ2) is 7.71. The molecule has 27 heavy (non-hydrogen) atoms. The van der Waals surface area contributed by atoms with Gasteiger partial charge in [-0.05, 0) is 36.9 Å². The SMILES string of the molecule is COc1cc(CN(C)CN2C(=O)c3ccccc3C2=O)ccc1OC(F)F. The van der Waals surface area contributed by atoms with Crippen molar-refractivity contribution in [2.45, 2.75) is 13.2 Å². The molecule has 142 valence electrons.